The number of carbonyl (C=O) groups excluding carboxylic acids is 1. The Bertz CT molecular complexity index is 823. The lowest BCUT2D eigenvalue weighted by atomic mass is 9.89. The number of hydrogen-bond acceptors (Lipinski definition) is 3. The molecule has 1 saturated heterocycles. The van der Waals surface area contributed by atoms with Crippen LogP contribution in [0, 0.1) is 5.92 Å². The molecular weight excluding hydrogens is 358 g/mol. The monoisotopic (exact) mass is 385 g/mol. The number of rotatable bonds is 6. The van der Waals surface area contributed by atoms with Crippen molar-refractivity contribution in [3.05, 3.63) is 71.8 Å². The lowest BCUT2D eigenvalue weighted by molar-refractivity contribution is -0.134. The molecule has 0 aliphatic carbocycles. The van der Waals surface area contributed by atoms with Crippen LogP contribution in [-0.2, 0) is 14.6 Å². The van der Waals surface area contributed by atoms with E-state index in [-0.39, 0.29) is 29.4 Å². The summed E-state index contributed by atoms with van der Waals surface area (Å²) < 4.78 is 24.1. The number of sulfone groups is 1. The van der Waals surface area contributed by atoms with Crippen LogP contribution in [0.15, 0.2) is 60.7 Å². The second-order valence-corrected chi connectivity index (χ2v) is 9.92. The maximum atomic E-state index is 13.7. The minimum absolute atomic E-state index is 0.0109. The van der Waals surface area contributed by atoms with Crippen LogP contribution in [0.5, 0.6) is 0 Å². The zero-order valence-electron chi connectivity index (χ0n) is 15.9. The Morgan fingerprint density at radius 3 is 1.93 bits per heavy atom. The topological polar surface area (TPSA) is 54.5 Å². The predicted molar refractivity (Wildman–Crippen MR) is 108 cm³/mol. The maximum absolute atomic E-state index is 13.7. The summed E-state index contributed by atoms with van der Waals surface area (Å²) in [6, 6.07) is 19.2. The van der Waals surface area contributed by atoms with Crippen molar-refractivity contribution in [2.45, 2.75) is 32.2 Å². The highest BCUT2D eigenvalue weighted by molar-refractivity contribution is 7.91. The van der Waals surface area contributed by atoms with Crippen molar-refractivity contribution >= 4 is 15.7 Å². The molecule has 1 fully saturated rings. The molecule has 0 saturated carbocycles. The highest BCUT2D eigenvalue weighted by atomic mass is 32.2. The second kappa shape index (κ2) is 8.26. The van der Waals surface area contributed by atoms with Gasteiger partial charge >= 0.3 is 0 Å². The van der Waals surface area contributed by atoms with E-state index in [1.54, 1.807) is 0 Å². The number of benzene rings is 2. The van der Waals surface area contributed by atoms with E-state index < -0.39 is 15.8 Å². The third-order valence-corrected chi connectivity index (χ3v) is 6.76. The number of nitrogens with zero attached hydrogens (tertiary/aromatic N) is 1. The molecule has 1 aliphatic rings. The van der Waals surface area contributed by atoms with Crippen LogP contribution in [0.2, 0.25) is 0 Å². The lowest BCUT2D eigenvalue weighted by Gasteiger charge is -2.33. The largest absolute Gasteiger partial charge is 0.338 e. The molecule has 0 spiro atoms. The van der Waals surface area contributed by atoms with Crippen LogP contribution in [0.4, 0.5) is 0 Å². The summed E-state index contributed by atoms with van der Waals surface area (Å²) in [5.74, 6) is 0.0740. The number of hydrogen-bond donors (Lipinski definition) is 0. The van der Waals surface area contributed by atoms with Gasteiger partial charge in [-0.2, -0.15) is 0 Å². The van der Waals surface area contributed by atoms with E-state index in [2.05, 4.69) is 13.8 Å². The molecule has 5 heteroatoms. The van der Waals surface area contributed by atoms with E-state index in [1.165, 1.54) is 0 Å². The van der Waals surface area contributed by atoms with Gasteiger partial charge in [0.2, 0.25) is 5.91 Å². The van der Waals surface area contributed by atoms with E-state index in [9.17, 15) is 13.2 Å². The van der Waals surface area contributed by atoms with E-state index >= 15 is 0 Å². The molecule has 1 heterocycles. The highest BCUT2D eigenvalue weighted by Gasteiger charge is 2.38. The third kappa shape index (κ3) is 4.78. The smallest absolute Gasteiger partial charge is 0.234 e. The first kappa shape index (κ1) is 19.6. The van der Waals surface area contributed by atoms with Crippen molar-refractivity contribution in [2.75, 3.05) is 18.1 Å². The van der Waals surface area contributed by atoms with Gasteiger partial charge in [-0.3, -0.25) is 4.79 Å². The van der Waals surface area contributed by atoms with Crippen molar-refractivity contribution in [1.82, 2.24) is 4.90 Å². The van der Waals surface area contributed by atoms with Crippen LogP contribution in [0.1, 0.15) is 37.3 Å². The van der Waals surface area contributed by atoms with Gasteiger partial charge in [0.05, 0.1) is 17.4 Å². The molecule has 0 aromatic heterocycles. The Kier molecular flexibility index (Phi) is 6.00. The molecule has 144 valence electrons. The Balaban J connectivity index is 1.99. The van der Waals surface area contributed by atoms with Crippen LogP contribution < -0.4 is 0 Å². The molecule has 1 aliphatic heterocycles. The van der Waals surface area contributed by atoms with Crippen molar-refractivity contribution in [1.29, 1.82) is 0 Å². The van der Waals surface area contributed by atoms with Crippen LogP contribution >= 0.6 is 0 Å². The van der Waals surface area contributed by atoms with E-state index in [1.807, 2.05) is 65.6 Å². The van der Waals surface area contributed by atoms with Crippen LogP contribution in [0.3, 0.4) is 0 Å². The standard InChI is InChI=1S/C22H27NO3S/c1-17(2)15-23(20-13-14-27(25,26)16-20)22(24)21(18-9-5-3-6-10-18)19-11-7-4-8-12-19/h3-12,17,20-21H,13-16H2,1-2H3/t20-/m1/s1. The van der Waals surface area contributed by atoms with Crippen LogP contribution in [0.25, 0.3) is 0 Å². The van der Waals surface area contributed by atoms with E-state index in [0.717, 1.165) is 11.1 Å². The Hall–Kier alpha value is -2.14. The Morgan fingerprint density at radius 1 is 1.00 bits per heavy atom. The third-order valence-electron chi connectivity index (χ3n) is 5.01. The number of amides is 1. The van der Waals surface area contributed by atoms with Gasteiger partial charge in [-0.15, -0.1) is 0 Å². The molecule has 1 amide bonds. The first-order valence-electron chi connectivity index (χ1n) is 9.48. The summed E-state index contributed by atoms with van der Waals surface area (Å²) in [5, 5.41) is 0. The second-order valence-electron chi connectivity index (χ2n) is 7.70. The minimum Gasteiger partial charge on any atom is -0.338 e. The molecule has 0 radical (unpaired) electrons. The molecule has 0 bridgehead atoms. The zero-order valence-corrected chi connectivity index (χ0v) is 16.7. The van der Waals surface area contributed by atoms with Crippen molar-refractivity contribution in [2.24, 2.45) is 5.92 Å². The van der Waals surface area contributed by atoms with Crippen LogP contribution in [-0.4, -0.2) is 43.3 Å². The van der Waals surface area contributed by atoms with Crippen molar-refractivity contribution in [3.8, 4) is 0 Å². The summed E-state index contributed by atoms with van der Waals surface area (Å²) in [5.41, 5.74) is 1.87. The predicted octanol–water partition coefficient (Wildman–Crippen LogP) is 3.49. The lowest BCUT2D eigenvalue weighted by Crippen LogP contribution is -2.45. The molecule has 0 unspecified atom stereocenters. The zero-order chi connectivity index (χ0) is 19.4. The molecular formula is C22H27NO3S. The van der Waals surface area contributed by atoms with E-state index in [0.29, 0.717) is 13.0 Å². The normalized spacial score (nSPS) is 18.7. The van der Waals surface area contributed by atoms with Gasteiger partial charge in [-0.1, -0.05) is 74.5 Å². The highest BCUT2D eigenvalue weighted by Crippen LogP contribution is 2.30. The summed E-state index contributed by atoms with van der Waals surface area (Å²) in [7, 11) is -3.06. The fraction of sp³-hybridized carbons (Fsp3) is 0.409. The summed E-state index contributed by atoms with van der Waals surface area (Å²) >= 11 is 0. The van der Waals surface area contributed by atoms with Crippen molar-refractivity contribution in [3.63, 3.8) is 0 Å². The molecule has 0 N–H and O–H groups in total. The first-order valence-corrected chi connectivity index (χ1v) is 11.3. The first-order chi connectivity index (χ1) is 12.9. The van der Waals surface area contributed by atoms with Gasteiger partial charge < -0.3 is 4.90 Å². The van der Waals surface area contributed by atoms with Gasteiger partial charge in [-0.25, -0.2) is 8.42 Å². The van der Waals surface area contributed by atoms with E-state index in [4.69, 9.17) is 0 Å². The minimum atomic E-state index is -3.06. The number of carbonyl (C=O) groups is 1. The molecule has 3 rings (SSSR count). The summed E-state index contributed by atoms with van der Waals surface area (Å²) in [4.78, 5) is 15.5. The molecule has 2 aromatic rings. The van der Waals surface area contributed by atoms with Gasteiger partial charge in [-0.05, 0) is 23.5 Å². The average Bonchev–Trinajstić information content (AvgIpc) is 3.01. The van der Waals surface area contributed by atoms with Gasteiger partial charge in [0.15, 0.2) is 9.84 Å². The van der Waals surface area contributed by atoms with Crippen molar-refractivity contribution < 1.29 is 13.2 Å². The van der Waals surface area contributed by atoms with Gasteiger partial charge in [0.25, 0.3) is 0 Å². The average molecular weight is 386 g/mol. The van der Waals surface area contributed by atoms with Gasteiger partial charge in [0, 0.05) is 12.6 Å². The summed E-state index contributed by atoms with van der Waals surface area (Å²) in [6.45, 7) is 4.68. The Morgan fingerprint density at radius 2 is 1.52 bits per heavy atom. The molecule has 27 heavy (non-hydrogen) atoms. The Labute approximate surface area is 162 Å². The fourth-order valence-electron chi connectivity index (χ4n) is 3.77. The van der Waals surface area contributed by atoms with Gasteiger partial charge in [0.1, 0.15) is 0 Å². The maximum Gasteiger partial charge on any atom is 0.234 e. The fourth-order valence-corrected chi connectivity index (χ4v) is 5.50. The molecule has 4 nitrogen and oxygen atoms in total. The molecule has 1 atom stereocenters. The SMILES string of the molecule is CC(C)CN(C(=O)C(c1ccccc1)c1ccccc1)[C@@H]1CCS(=O)(=O)C1. The molecule has 2 aromatic carbocycles. The quantitative estimate of drug-likeness (QED) is 0.765. The summed E-state index contributed by atoms with van der Waals surface area (Å²) in [6.07, 6.45) is 0.525.